The fourth-order valence-corrected chi connectivity index (χ4v) is 5.73. The first-order chi connectivity index (χ1) is 14.8. The second-order valence-electron chi connectivity index (χ2n) is 7.57. The fourth-order valence-electron chi connectivity index (χ4n) is 4.00. The Kier molecular flexibility index (Phi) is 5.63. The maximum atomic E-state index is 13.9. The number of hydrogen-bond acceptors (Lipinski definition) is 6. The van der Waals surface area contributed by atoms with Gasteiger partial charge in [0.05, 0.1) is 30.9 Å². The van der Waals surface area contributed by atoms with Gasteiger partial charge in [-0.15, -0.1) is 0 Å². The van der Waals surface area contributed by atoms with Gasteiger partial charge >= 0.3 is 5.97 Å². The average molecular weight is 455 g/mol. The van der Waals surface area contributed by atoms with Crippen molar-refractivity contribution in [3.63, 3.8) is 0 Å². The molecule has 168 valence electrons. The summed E-state index contributed by atoms with van der Waals surface area (Å²) < 4.78 is 67.4. The molecule has 0 spiro atoms. The van der Waals surface area contributed by atoms with Gasteiger partial charge in [-0.05, 0) is 56.4 Å². The summed E-state index contributed by atoms with van der Waals surface area (Å²) in [5.41, 5.74) is -0.144. The molecule has 4 rings (SSSR count). The molecule has 2 aromatic rings. The summed E-state index contributed by atoms with van der Waals surface area (Å²) in [5.74, 6) is -0.551. The summed E-state index contributed by atoms with van der Waals surface area (Å²) in [5, 5.41) is 3.97. The van der Waals surface area contributed by atoms with E-state index in [1.54, 1.807) is 6.92 Å². The van der Waals surface area contributed by atoms with Crippen molar-refractivity contribution < 1.29 is 31.5 Å². The summed E-state index contributed by atoms with van der Waals surface area (Å²) in [7, 11) is -2.72. The van der Waals surface area contributed by atoms with Gasteiger partial charge < -0.3 is 9.47 Å². The topological polar surface area (TPSA) is 90.7 Å². The highest BCUT2D eigenvalue weighted by Crippen LogP contribution is 2.48. The summed E-state index contributed by atoms with van der Waals surface area (Å²) in [6, 6.07) is 3.77. The van der Waals surface area contributed by atoms with Crippen LogP contribution in [0.4, 0.5) is 14.6 Å². The Hall–Kier alpha value is -2.69. The van der Waals surface area contributed by atoms with E-state index in [0.717, 1.165) is 28.0 Å². The van der Waals surface area contributed by atoms with Crippen molar-refractivity contribution in [1.29, 1.82) is 0 Å². The lowest BCUT2D eigenvalue weighted by Gasteiger charge is -2.40. The van der Waals surface area contributed by atoms with Crippen LogP contribution < -0.4 is 9.04 Å². The van der Waals surface area contributed by atoms with Crippen LogP contribution in [0, 0.1) is 5.92 Å². The zero-order valence-electron chi connectivity index (χ0n) is 17.1. The molecule has 0 saturated heterocycles. The molecule has 2 heterocycles. The number of carbonyl (C=O) groups excluding carboxylic acids is 1. The zero-order chi connectivity index (χ0) is 22.3. The number of methoxy groups -OCH3 is 1. The minimum absolute atomic E-state index is 0.0306. The van der Waals surface area contributed by atoms with Gasteiger partial charge in [-0.3, -0.25) is 0 Å². The van der Waals surface area contributed by atoms with Gasteiger partial charge in [0.1, 0.15) is 17.4 Å². The highest BCUT2D eigenvalue weighted by Gasteiger charge is 2.50. The minimum atomic E-state index is -4.18. The SMILES string of the molecule is CCOC(=O)c1cnn2c1N(S(=O)(=O)c1ccc(OC)cc1)[C@H](C1CC1)C[C@H]2C(F)F. The van der Waals surface area contributed by atoms with Crippen LogP contribution >= 0.6 is 0 Å². The van der Waals surface area contributed by atoms with Crippen molar-refractivity contribution in [2.45, 2.75) is 49.6 Å². The molecule has 2 atom stereocenters. The third-order valence-electron chi connectivity index (χ3n) is 5.64. The molecule has 2 aliphatic rings. The largest absolute Gasteiger partial charge is 0.497 e. The Morgan fingerprint density at radius 1 is 1.26 bits per heavy atom. The van der Waals surface area contributed by atoms with Crippen LogP contribution in [0.5, 0.6) is 5.75 Å². The van der Waals surface area contributed by atoms with E-state index in [4.69, 9.17) is 9.47 Å². The van der Waals surface area contributed by atoms with Gasteiger partial charge in [-0.2, -0.15) is 5.10 Å². The Balaban J connectivity index is 1.89. The van der Waals surface area contributed by atoms with Crippen molar-refractivity contribution in [2.75, 3.05) is 18.0 Å². The maximum absolute atomic E-state index is 13.9. The Morgan fingerprint density at radius 3 is 2.48 bits per heavy atom. The number of rotatable bonds is 7. The number of alkyl halides is 2. The van der Waals surface area contributed by atoms with E-state index in [1.807, 2.05) is 0 Å². The van der Waals surface area contributed by atoms with Crippen LogP contribution in [-0.4, -0.2) is 50.4 Å². The van der Waals surface area contributed by atoms with Gasteiger partial charge in [-0.1, -0.05) is 0 Å². The Morgan fingerprint density at radius 2 is 1.94 bits per heavy atom. The lowest BCUT2D eigenvalue weighted by molar-refractivity contribution is 0.0518. The van der Waals surface area contributed by atoms with Crippen molar-refractivity contribution in [1.82, 2.24) is 9.78 Å². The molecule has 1 aromatic carbocycles. The van der Waals surface area contributed by atoms with E-state index < -0.39 is 34.5 Å². The molecule has 1 saturated carbocycles. The number of fused-ring (bicyclic) bond motifs is 1. The number of ether oxygens (including phenoxy) is 2. The smallest absolute Gasteiger partial charge is 0.343 e. The molecule has 0 bridgehead atoms. The molecule has 0 N–H and O–H groups in total. The van der Waals surface area contributed by atoms with Gasteiger partial charge in [0.2, 0.25) is 0 Å². The monoisotopic (exact) mass is 455 g/mol. The number of hydrogen-bond donors (Lipinski definition) is 0. The number of anilines is 1. The molecular weight excluding hydrogens is 432 g/mol. The second kappa shape index (κ2) is 8.10. The van der Waals surface area contributed by atoms with Crippen molar-refractivity contribution in [2.24, 2.45) is 5.92 Å². The predicted molar refractivity (Wildman–Crippen MR) is 107 cm³/mol. The van der Waals surface area contributed by atoms with Crippen molar-refractivity contribution in [3.05, 3.63) is 36.0 Å². The van der Waals surface area contributed by atoms with E-state index in [9.17, 15) is 22.0 Å². The minimum Gasteiger partial charge on any atom is -0.497 e. The van der Waals surface area contributed by atoms with Crippen LogP contribution in [0.2, 0.25) is 0 Å². The molecule has 31 heavy (non-hydrogen) atoms. The van der Waals surface area contributed by atoms with Gasteiger partial charge in [0.15, 0.2) is 5.82 Å². The Bertz CT molecular complexity index is 1070. The molecule has 0 unspecified atom stereocenters. The lowest BCUT2D eigenvalue weighted by atomic mass is 10.00. The number of sulfonamides is 1. The molecule has 8 nitrogen and oxygen atoms in total. The van der Waals surface area contributed by atoms with E-state index in [0.29, 0.717) is 5.75 Å². The van der Waals surface area contributed by atoms with Crippen LogP contribution in [0.15, 0.2) is 35.4 Å². The van der Waals surface area contributed by atoms with Crippen LogP contribution in [0.1, 0.15) is 42.6 Å². The summed E-state index contributed by atoms with van der Waals surface area (Å²) >= 11 is 0. The molecule has 1 aliphatic carbocycles. The number of aromatic nitrogens is 2. The number of halogens is 2. The van der Waals surface area contributed by atoms with Gasteiger partial charge in [-0.25, -0.2) is 31.0 Å². The number of esters is 1. The molecule has 1 aliphatic heterocycles. The third-order valence-corrected chi connectivity index (χ3v) is 7.47. The number of benzene rings is 1. The van der Waals surface area contributed by atoms with E-state index in [-0.39, 0.29) is 35.2 Å². The number of nitrogens with zero attached hydrogens (tertiary/aromatic N) is 3. The summed E-state index contributed by atoms with van der Waals surface area (Å²) in [6.45, 7) is 1.66. The van der Waals surface area contributed by atoms with Crippen LogP contribution in [0.25, 0.3) is 0 Å². The van der Waals surface area contributed by atoms with E-state index in [2.05, 4.69) is 5.10 Å². The average Bonchev–Trinajstić information content (AvgIpc) is 3.51. The quantitative estimate of drug-likeness (QED) is 0.596. The van der Waals surface area contributed by atoms with Crippen molar-refractivity contribution >= 4 is 21.8 Å². The van der Waals surface area contributed by atoms with Crippen LogP contribution in [0.3, 0.4) is 0 Å². The second-order valence-corrected chi connectivity index (χ2v) is 9.38. The molecular formula is C20H23F2N3O5S. The number of carbonyl (C=O) groups is 1. The normalized spacial score (nSPS) is 21.1. The van der Waals surface area contributed by atoms with Crippen LogP contribution in [-0.2, 0) is 14.8 Å². The van der Waals surface area contributed by atoms with Gasteiger partial charge in [0, 0.05) is 0 Å². The fraction of sp³-hybridized carbons (Fsp3) is 0.500. The van der Waals surface area contributed by atoms with Gasteiger partial charge in [0.25, 0.3) is 16.4 Å². The molecule has 0 amide bonds. The predicted octanol–water partition coefficient (Wildman–Crippen LogP) is 3.25. The molecule has 1 aromatic heterocycles. The molecule has 11 heteroatoms. The molecule has 1 fully saturated rings. The molecule has 0 radical (unpaired) electrons. The first-order valence-corrected chi connectivity index (χ1v) is 11.4. The maximum Gasteiger partial charge on any atom is 0.343 e. The first-order valence-electron chi connectivity index (χ1n) is 10.0. The van der Waals surface area contributed by atoms with Crippen molar-refractivity contribution in [3.8, 4) is 5.75 Å². The van der Waals surface area contributed by atoms with E-state index in [1.165, 1.54) is 31.4 Å². The zero-order valence-corrected chi connectivity index (χ0v) is 17.9. The summed E-state index contributed by atoms with van der Waals surface area (Å²) in [6.07, 6.45) is -0.278. The van der Waals surface area contributed by atoms with E-state index >= 15 is 0 Å². The highest BCUT2D eigenvalue weighted by atomic mass is 32.2. The first kappa shape index (κ1) is 21.5. The summed E-state index contributed by atoms with van der Waals surface area (Å²) in [4.78, 5) is 12.5. The highest BCUT2D eigenvalue weighted by molar-refractivity contribution is 7.92. The third kappa shape index (κ3) is 3.75. The Labute approximate surface area is 178 Å². The standard InChI is InChI=1S/C20H23F2N3O5S/c1-3-30-20(26)15-11-23-24-17(18(21)22)10-16(12-4-5-12)25(19(15)24)31(27,28)14-8-6-13(29-2)7-9-14/h6-9,11-12,16-18H,3-5,10H2,1-2H3/t16-,17-/m0/s1. The lowest BCUT2D eigenvalue weighted by Crippen LogP contribution is -2.49.